The zero-order valence-electron chi connectivity index (χ0n) is 11.8. The summed E-state index contributed by atoms with van der Waals surface area (Å²) in [5, 5.41) is 0. The lowest BCUT2D eigenvalue weighted by molar-refractivity contribution is 0.506. The highest BCUT2D eigenvalue weighted by Crippen LogP contribution is 2.16. The van der Waals surface area contributed by atoms with Crippen molar-refractivity contribution in [3.05, 3.63) is 83.4 Å². The Morgan fingerprint density at radius 1 is 1.05 bits per heavy atom. The number of hydrogen-bond acceptors (Lipinski definition) is 2. The molecule has 0 aliphatic heterocycles. The third kappa shape index (κ3) is 2.98. The molecule has 0 spiro atoms. The smallest absolute Gasteiger partial charge is 0.159 e. The number of nitrogen functional groups attached to an aromatic ring is 1. The number of benzene rings is 2. The summed E-state index contributed by atoms with van der Waals surface area (Å²) in [6, 6.07) is 11.5. The molecule has 112 valence electrons. The molecule has 0 amide bonds. The molecule has 0 aliphatic carbocycles. The summed E-state index contributed by atoms with van der Waals surface area (Å²) in [7, 11) is 0. The fourth-order valence-corrected chi connectivity index (χ4v) is 2.35. The number of rotatable bonds is 4. The Kier molecular flexibility index (Phi) is 3.87. The lowest BCUT2D eigenvalue weighted by Crippen LogP contribution is -2.06. The third-order valence-electron chi connectivity index (χ3n) is 3.54. The number of aromatic nitrogens is 2. The zero-order valence-corrected chi connectivity index (χ0v) is 11.8. The second kappa shape index (κ2) is 5.97. The van der Waals surface area contributed by atoms with E-state index >= 15 is 0 Å². The van der Waals surface area contributed by atoms with Crippen LogP contribution in [0.15, 0.2) is 54.9 Å². The highest BCUT2D eigenvalue weighted by molar-refractivity contribution is 5.47. The van der Waals surface area contributed by atoms with Crippen LogP contribution in [0.25, 0.3) is 0 Å². The van der Waals surface area contributed by atoms with Gasteiger partial charge >= 0.3 is 0 Å². The molecule has 0 atom stereocenters. The van der Waals surface area contributed by atoms with Crippen molar-refractivity contribution in [3.63, 3.8) is 0 Å². The molecule has 2 aromatic carbocycles. The summed E-state index contributed by atoms with van der Waals surface area (Å²) in [4.78, 5) is 4.33. The van der Waals surface area contributed by atoms with Crippen LogP contribution in [0, 0.1) is 11.6 Å². The van der Waals surface area contributed by atoms with Crippen molar-refractivity contribution in [2.24, 2.45) is 0 Å². The van der Waals surface area contributed by atoms with Gasteiger partial charge in [0, 0.05) is 31.0 Å². The molecule has 0 fully saturated rings. The molecule has 3 rings (SSSR count). The van der Waals surface area contributed by atoms with Gasteiger partial charge < -0.3 is 10.3 Å². The number of nitrogens with zero attached hydrogens (tertiary/aromatic N) is 2. The molecule has 22 heavy (non-hydrogen) atoms. The second-order valence-electron chi connectivity index (χ2n) is 5.10. The van der Waals surface area contributed by atoms with Crippen molar-refractivity contribution >= 4 is 5.69 Å². The van der Waals surface area contributed by atoms with Crippen LogP contribution in [0.4, 0.5) is 14.5 Å². The minimum absolute atomic E-state index is 0.430. The van der Waals surface area contributed by atoms with E-state index in [0.717, 1.165) is 17.5 Å². The number of nitrogens with two attached hydrogens (primary N) is 1. The number of halogens is 2. The highest BCUT2D eigenvalue weighted by atomic mass is 19.2. The molecule has 2 N–H and O–H groups in total. The monoisotopic (exact) mass is 299 g/mol. The first-order chi connectivity index (χ1) is 10.6. The van der Waals surface area contributed by atoms with Crippen molar-refractivity contribution in [1.82, 2.24) is 9.55 Å². The minimum Gasteiger partial charge on any atom is -0.398 e. The highest BCUT2D eigenvalue weighted by Gasteiger charge is 2.08. The van der Waals surface area contributed by atoms with Gasteiger partial charge in [-0.2, -0.15) is 0 Å². The minimum atomic E-state index is -0.841. The second-order valence-corrected chi connectivity index (χ2v) is 5.10. The molecule has 5 heteroatoms. The van der Waals surface area contributed by atoms with Crippen LogP contribution in [-0.4, -0.2) is 9.55 Å². The van der Waals surface area contributed by atoms with Gasteiger partial charge in [-0.3, -0.25) is 0 Å². The van der Waals surface area contributed by atoms with Gasteiger partial charge in [0.2, 0.25) is 0 Å². The molecule has 1 aromatic heterocycles. The molecule has 0 saturated carbocycles. The zero-order chi connectivity index (χ0) is 15.5. The standard InChI is InChI=1S/C17H15F2N3/c18-14-6-5-12(9-15(14)19)11-22-8-7-21-17(22)10-13-3-1-2-4-16(13)20/h1-9H,10-11,20H2. The van der Waals surface area contributed by atoms with Crippen molar-refractivity contribution < 1.29 is 8.78 Å². The van der Waals surface area contributed by atoms with Crippen molar-refractivity contribution in [2.75, 3.05) is 5.73 Å². The molecule has 0 saturated heterocycles. The molecule has 3 nitrogen and oxygen atoms in total. The van der Waals surface area contributed by atoms with Crippen LogP contribution >= 0.6 is 0 Å². The van der Waals surface area contributed by atoms with E-state index in [9.17, 15) is 8.78 Å². The maximum absolute atomic E-state index is 13.3. The number of hydrogen-bond donors (Lipinski definition) is 1. The Hall–Kier alpha value is -2.69. The largest absolute Gasteiger partial charge is 0.398 e. The number of imidazole rings is 1. The van der Waals surface area contributed by atoms with E-state index < -0.39 is 11.6 Å². The van der Waals surface area contributed by atoms with E-state index in [1.165, 1.54) is 6.07 Å². The average molecular weight is 299 g/mol. The van der Waals surface area contributed by atoms with E-state index in [-0.39, 0.29) is 0 Å². The van der Waals surface area contributed by atoms with Gasteiger partial charge in [-0.05, 0) is 29.3 Å². The maximum Gasteiger partial charge on any atom is 0.159 e. The quantitative estimate of drug-likeness (QED) is 0.751. The summed E-state index contributed by atoms with van der Waals surface area (Å²) < 4.78 is 28.2. The molecule has 3 aromatic rings. The summed E-state index contributed by atoms with van der Waals surface area (Å²) in [6.07, 6.45) is 4.09. The fraction of sp³-hybridized carbons (Fsp3) is 0.118. The first-order valence-corrected chi connectivity index (χ1v) is 6.91. The summed E-state index contributed by atoms with van der Waals surface area (Å²) in [5.74, 6) is -0.860. The van der Waals surface area contributed by atoms with Crippen LogP contribution in [-0.2, 0) is 13.0 Å². The van der Waals surface area contributed by atoms with Gasteiger partial charge in [0.05, 0.1) is 0 Å². The molecule has 0 aliphatic rings. The molecular weight excluding hydrogens is 284 g/mol. The van der Waals surface area contributed by atoms with Crippen molar-refractivity contribution in [1.29, 1.82) is 0 Å². The van der Waals surface area contributed by atoms with Gasteiger partial charge in [0.25, 0.3) is 0 Å². The van der Waals surface area contributed by atoms with Gasteiger partial charge in [0.15, 0.2) is 11.6 Å². The van der Waals surface area contributed by atoms with Crippen LogP contribution in [0.5, 0.6) is 0 Å². The SMILES string of the molecule is Nc1ccccc1Cc1nccn1Cc1ccc(F)c(F)c1. The lowest BCUT2D eigenvalue weighted by Gasteiger charge is -2.10. The van der Waals surface area contributed by atoms with Crippen LogP contribution in [0.1, 0.15) is 17.0 Å². The van der Waals surface area contributed by atoms with E-state index in [2.05, 4.69) is 4.98 Å². The number of para-hydroxylation sites is 1. The van der Waals surface area contributed by atoms with E-state index in [1.807, 2.05) is 35.0 Å². The Balaban J connectivity index is 1.83. The number of anilines is 1. The summed E-state index contributed by atoms with van der Waals surface area (Å²) >= 11 is 0. The van der Waals surface area contributed by atoms with Gasteiger partial charge in [0.1, 0.15) is 5.82 Å². The molecule has 1 heterocycles. The lowest BCUT2D eigenvalue weighted by atomic mass is 10.1. The Bertz CT molecular complexity index is 796. The fourth-order valence-electron chi connectivity index (χ4n) is 2.35. The Morgan fingerprint density at radius 2 is 1.86 bits per heavy atom. The normalized spacial score (nSPS) is 10.8. The van der Waals surface area contributed by atoms with Crippen LogP contribution in [0.3, 0.4) is 0 Å². The average Bonchev–Trinajstić information content (AvgIpc) is 2.92. The van der Waals surface area contributed by atoms with Gasteiger partial charge in [-0.15, -0.1) is 0 Å². The van der Waals surface area contributed by atoms with E-state index in [0.29, 0.717) is 24.2 Å². The van der Waals surface area contributed by atoms with E-state index in [4.69, 9.17) is 5.73 Å². The van der Waals surface area contributed by atoms with Crippen LogP contribution < -0.4 is 5.73 Å². The van der Waals surface area contributed by atoms with Gasteiger partial charge in [-0.1, -0.05) is 24.3 Å². The topological polar surface area (TPSA) is 43.8 Å². The van der Waals surface area contributed by atoms with Crippen molar-refractivity contribution in [2.45, 2.75) is 13.0 Å². The molecular formula is C17H15F2N3. The Labute approximate surface area is 127 Å². The molecule has 0 bridgehead atoms. The predicted molar refractivity (Wildman–Crippen MR) is 81.3 cm³/mol. The maximum atomic E-state index is 13.3. The predicted octanol–water partition coefficient (Wildman–Crippen LogP) is 3.38. The van der Waals surface area contributed by atoms with Crippen LogP contribution in [0.2, 0.25) is 0 Å². The van der Waals surface area contributed by atoms with Crippen molar-refractivity contribution in [3.8, 4) is 0 Å². The first-order valence-electron chi connectivity index (χ1n) is 6.91. The Morgan fingerprint density at radius 3 is 2.64 bits per heavy atom. The summed E-state index contributed by atoms with van der Waals surface area (Å²) in [5.41, 5.74) is 8.33. The summed E-state index contributed by atoms with van der Waals surface area (Å²) in [6.45, 7) is 0.430. The van der Waals surface area contributed by atoms with E-state index in [1.54, 1.807) is 12.3 Å². The van der Waals surface area contributed by atoms with Gasteiger partial charge in [-0.25, -0.2) is 13.8 Å². The third-order valence-corrected chi connectivity index (χ3v) is 3.54. The molecule has 0 radical (unpaired) electrons. The first kappa shape index (κ1) is 14.3. The molecule has 0 unspecified atom stereocenters.